The van der Waals surface area contributed by atoms with Crippen molar-refractivity contribution >= 4 is 17.5 Å². The topological polar surface area (TPSA) is 52.7 Å². The predicted molar refractivity (Wildman–Crippen MR) is 110 cm³/mol. The summed E-state index contributed by atoms with van der Waals surface area (Å²) in [5.74, 6) is -0.275. The van der Waals surface area contributed by atoms with E-state index >= 15 is 0 Å². The Morgan fingerprint density at radius 1 is 0.926 bits per heavy atom. The Kier molecular flexibility index (Phi) is 7.13. The van der Waals surface area contributed by atoms with Gasteiger partial charge in [0.05, 0.1) is 13.1 Å². The van der Waals surface area contributed by atoms with Gasteiger partial charge in [0.2, 0.25) is 11.8 Å². The normalized spacial score (nSPS) is 10.7. The highest BCUT2D eigenvalue weighted by Crippen LogP contribution is 2.16. The highest BCUT2D eigenvalue weighted by Gasteiger charge is 2.16. The largest absolute Gasteiger partial charge is 0.335 e. The summed E-state index contributed by atoms with van der Waals surface area (Å²) in [5, 5.41) is 2.89. The van der Waals surface area contributed by atoms with Crippen molar-refractivity contribution in [3.63, 3.8) is 0 Å². The second-order valence-corrected chi connectivity index (χ2v) is 7.22. The Balaban J connectivity index is 1.86. The molecule has 0 aromatic heterocycles. The maximum absolute atomic E-state index is 12.4. The molecule has 0 unspecified atom stereocenters. The first-order chi connectivity index (χ1) is 12.8. The predicted octanol–water partition coefficient (Wildman–Crippen LogP) is 3.14. The molecule has 0 saturated carbocycles. The van der Waals surface area contributed by atoms with Crippen molar-refractivity contribution < 1.29 is 9.59 Å². The number of nitrogens with zero attached hydrogens (tertiary/aromatic N) is 2. The van der Waals surface area contributed by atoms with E-state index in [-0.39, 0.29) is 24.9 Å². The lowest BCUT2D eigenvalue weighted by atomic mass is 10.1. The summed E-state index contributed by atoms with van der Waals surface area (Å²) in [7, 11) is 3.57. The minimum atomic E-state index is -0.193. The highest BCUT2D eigenvalue weighted by atomic mass is 16.2. The van der Waals surface area contributed by atoms with Gasteiger partial charge in [0.1, 0.15) is 0 Å². The van der Waals surface area contributed by atoms with E-state index in [2.05, 4.69) is 24.4 Å². The molecular weight excluding hydrogens is 338 g/mol. The first-order valence-electron chi connectivity index (χ1n) is 9.10. The molecule has 27 heavy (non-hydrogen) atoms. The number of hydrogen-bond acceptors (Lipinski definition) is 3. The van der Waals surface area contributed by atoms with E-state index in [1.165, 1.54) is 16.0 Å². The maximum Gasteiger partial charge on any atom is 0.243 e. The molecule has 0 bridgehead atoms. The van der Waals surface area contributed by atoms with Crippen LogP contribution < -0.4 is 5.32 Å². The summed E-state index contributed by atoms with van der Waals surface area (Å²) < 4.78 is 0. The van der Waals surface area contributed by atoms with E-state index < -0.39 is 0 Å². The molecule has 5 heteroatoms. The molecule has 0 fully saturated rings. The summed E-state index contributed by atoms with van der Waals surface area (Å²) in [5.41, 5.74) is 5.28. The average molecular weight is 367 g/mol. The third kappa shape index (κ3) is 6.22. The van der Waals surface area contributed by atoms with Gasteiger partial charge in [0, 0.05) is 19.3 Å². The Hall–Kier alpha value is -2.66. The number of amides is 2. The van der Waals surface area contributed by atoms with Gasteiger partial charge in [-0.2, -0.15) is 0 Å². The number of likely N-dealkylation sites (N-methyl/N-ethyl adjacent to an activating group) is 2. The van der Waals surface area contributed by atoms with Crippen LogP contribution in [0.5, 0.6) is 0 Å². The van der Waals surface area contributed by atoms with Crippen molar-refractivity contribution in [1.29, 1.82) is 0 Å². The second-order valence-electron chi connectivity index (χ2n) is 7.22. The van der Waals surface area contributed by atoms with E-state index in [4.69, 9.17) is 0 Å². The molecule has 2 rings (SSSR count). The lowest BCUT2D eigenvalue weighted by Crippen LogP contribution is -2.40. The molecule has 144 valence electrons. The molecule has 2 amide bonds. The number of nitrogens with one attached hydrogen (secondary N) is 1. The van der Waals surface area contributed by atoms with Crippen LogP contribution in [0.2, 0.25) is 0 Å². The lowest BCUT2D eigenvalue weighted by Gasteiger charge is -2.22. The van der Waals surface area contributed by atoms with Crippen molar-refractivity contribution in [2.24, 2.45) is 0 Å². The third-order valence-electron chi connectivity index (χ3n) is 4.58. The zero-order valence-electron chi connectivity index (χ0n) is 16.9. The van der Waals surface area contributed by atoms with Crippen LogP contribution in [-0.2, 0) is 16.1 Å². The standard InChI is InChI=1S/C22H29N3O2/c1-16-10-11-18(3)20(12-16)23-21(26)14-25(5)22(27)15-24(4)13-19-9-7-6-8-17(19)2/h6-12H,13-15H2,1-5H3,(H,23,26). The molecule has 2 aromatic carbocycles. The van der Waals surface area contributed by atoms with Gasteiger partial charge in [-0.1, -0.05) is 36.4 Å². The Morgan fingerprint density at radius 3 is 2.33 bits per heavy atom. The van der Waals surface area contributed by atoms with E-state index in [1.54, 1.807) is 7.05 Å². The van der Waals surface area contributed by atoms with E-state index in [0.29, 0.717) is 6.54 Å². The van der Waals surface area contributed by atoms with Crippen LogP contribution in [0.15, 0.2) is 42.5 Å². The van der Waals surface area contributed by atoms with E-state index in [9.17, 15) is 9.59 Å². The van der Waals surface area contributed by atoms with Crippen LogP contribution in [0.4, 0.5) is 5.69 Å². The van der Waals surface area contributed by atoms with Gasteiger partial charge < -0.3 is 10.2 Å². The number of anilines is 1. The van der Waals surface area contributed by atoms with Gasteiger partial charge >= 0.3 is 0 Å². The number of carbonyl (C=O) groups excluding carboxylic acids is 2. The van der Waals surface area contributed by atoms with Gasteiger partial charge in [-0.3, -0.25) is 14.5 Å². The van der Waals surface area contributed by atoms with Gasteiger partial charge in [0.15, 0.2) is 0 Å². The number of carbonyl (C=O) groups is 2. The molecule has 0 radical (unpaired) electrons. The van der Waals surface area contributed by atoms with Gasteiger partial charge in [-0.05, 0) is 56.1 Å². The Bertz CT molecular complexity index is 817. The minimum Gasteiger partial charge on any atom is -0.335 e. The van der Waals surface area contributed by atoms with Crippen LogP contribution in [-0.4, -0.2) is 48.8 Å². The lowest BCUT2D eigenvalue weighted by molar-refractivity contribution is -0.134. The number of benzene rings is 2. The van der Waals surface area contributed by atoms with Crippen molar-refractivity contribution in [2.75, 3.05) is 32.5 Å². The summed E-state index contributed by atoms with van der Waals surface area (Å²) in [6, 6.07) is 14.1. The van der Waals surface area contributed by atoms with E-state index in [1.807, 2.05) is 56.1 Å². The van der Waals surface area contributed by atoms with Crippen LogP contribution in [0.1, 0.15) is 22.3 Å². The van der Waals surface area contributed by atoms with Gasteiger partial charge in [-0.15, -0.1) is 0 Å². The fraction of sp³-hybridized carbons (Fsp3) is 0.364. The number of rotatable bonds is 7. The molecule has 5 nitrogen and oxygen atoms in total. The Morgan fingerprint density at radius 2 is 1.63 bits per heavy atom. The zero-order chi connectivity index (χ0) is 20.0. The minimum absolute atomic E-state index is 0.0322. The summed E-state index contributed by atoms with van der Waals surface area (Å²) >= 11 is 0. The third-order valence-corrected chi connectivity index (χ3v) is 4.58. The average Bonchev–Trinajstić information content (AvgIpc) is 2.60. The van der Waals surface area contributed by atoms with Crippen LogP contribution in [0, 0.1) is 20.8 Å². The van der Waals surface area contributed by atoms with Crippen LogP contribution in [0.3, 0.4) is 0 Å². The monoisotopic (exact) mass is 367 g/mol. The quantitative estimate of drug-likeness (QED) is 0.818. The molecule has 1 N–H and O–H groups in total. The molecule has 0 aliphatic heterocycles. The second kappa shape index (κ2) is 9.33. The fourth-order valence-electron chi connectivity index (χ4n) is 2.85. The van der Waals surface area contributed by atoms with Crippen LogP contribution >= 0.6 is 0 Å². The fourth-order valence-corrected chi connectivity index (χ4v) is 2.85. The molecule has 0 aliphatic carbocycles. The highest BCUT2D eigenvalue weighted by molar-refractivity contribution is 5.95. The summed E-state index contributed by atoms with van der Waals surface area (Å²) in [4.78, 5) is 28.2. The zero-order valence-corrected chi connectivity index (χ0v) is 16.9. The molecular formula is C22H29N3O2. The number of aryl methyl sites for hydroxylation is 3. The summed E-state index contributed by atoms with van der Waals surface area (Å²) in [6.45, 7) is 6.99. The Labute approximate surface area is 162 Å². The molecule has 0 heterocycles. The molecule has 0 aliphatic rings. The first kappa shape index (κ1) is 20.6. The summed E-state index contributed by atoms with van der Waals surface area (Å²) in [6.07, 6.45) is 0. The number of hydrogen-bond donors (Lipinski definition) is 1. The van der Waals surface area contributed by atoms with Gasteiger partial charge in [-0.25, -0.2) is 0 Å². The molecule has 0 atom stereocenters. The van der Waals surface area contributed by atoms with Crippen molar-refractivity contribution in [2.45, 2.75) is 27.3 Å². The first-order valence-corrected chi connectivity index (χ1v) is 9.10. The van der Waals surface area contributed by atoms with E-state index in [0.717, 1.165) is 16.8 Å². The SMILES string of the molecule is Cc1ccc(C)c(NC(=O)CN(C)C(=O)CN(C)Cc2ccccc2C)c1. The maximum atomic E-state index is 12.4. The smallest absolute Gasteiger partial charge is 0.243 e. The molecule has 0 spiro atoms. The van der Waals surface area contributed by atoms with Crippen molar-refractivity contribution in [3.8, 4) is 0 Å². The van der Waals surface area contributed by atoms with Crippen LogP contribution in [0.25, 0.3) is 0 Å². The van der Waals surface area contributed by atoms with Crippen molar-refractivity contribution in [1.82, 2.24) is 9.80 Å². The molecule has 2 aromatic rings. The van der Waals surface area contributed by atoms with Gasteiger partial charge in [0.25, 0.3) is 0 Å². The molecule has 0 saturated heterocycles. The van der Waals surface area contributed by atoms with Crippen molar-refractivity contribution in [3.05, 3.63) is 64.7 Å².